The standard InChI is InChI=1S/C26H24ClN3O3/c1-19-17-23(8-9-24(19)27)33-22-6-4-20(5-7-22)12-16-32-25-11-15-30(26(31)29-25)14-10-21-3-2-13-28-18-21/h2-9,11,13,15,17-18H,10,12,14,16H2,1H3. The molecule has 7 heteroatoms. The second kappa shape index (κ2) is 10.8. The normalized spacial score (nSPS) is 10.7. The van der Waals surface area contributed by atoms with E-state index >= 15 is 0 Å². The van der Waals surface area contributed by atoms with Crippen molar-refractivity contribution in [2.24, 2.45) is 0 Å². The van der Waals surface area contributed by atoms with Gasteiger partial charge in [-0.15, -0.1) is 0 Å². The first kappa shape index (κ1) is 22.6. The van der Waals surface area contributed by atoms with Crippen molar-refractivity contribution in [3.63, 3.8) is 0 Å². The number of ether oxygens (including phenoxy) is 2. The zero-order valence-electron chi connectivity index (χ0n) is 18.3. The lowest BCUT2D eigenvalue weighted by Gasteiger charge is -2.09. The Kier molecular flexibility index (Phi) is 7.37. The van der Waals surface area contributed by atoms with Gasteiger partial charge in [0.1, 0.15) is 11.5 Å². The van der Waals surface area contributed by atoms with Gasteiger partial charge in [-0.05, 0) is 66.4 Å². The summed E-state index contributed by atoms with van der Waals surface area (Å²) in [6.07, 6.45) is 6.64. The Hall–Kier alpha value is -3.64. The van der Waals surface area contributed by atoms with Gasteiger partial charge in [0.15, 0.2) is 0 Å². The first-order valence-corrected chi connectivity index (χ1v) is 11.1. The summed E-state index contributed by atoms with van der Waals surface area (Å²) >= 11 is 6.06. The van der Waals surface area contributed by atoms with Crippen molar-refractivity contribution in [3.8, 4) is 17.4 Å². The summed E-state index contributed by atoms with van der Waals surface area (Å²) in [5, 5.41) is 0.717. The Morgan fingerprint density at radius 1 is 0.970 bits per heavy atom. The van der Waals surface area contributed by atoms with E-state index < -0.39 is 0 Å². The molecule has 0 aliphatic rings. The van der Waals surface area contributed by atoms with E-state index in [4.69, 9.17) is 21.1 Å². The molecule has 0 unspecified atom stereocenters. The first-order valence-electron chi connectivity index (χ1n) is 10.7. The second-order valence-electron chi connectivity index (χ2n) is 7.61. The minimum Gasteiger partial charge on any atom is -0.477 e. The molecule has 6 nitrogen and oxygen atoms in total. The molecule has 4 rings (SSSR count). The van der Waals surface area contributed by atoms with Gasteiger partial charge in [-0.3, -0.25) is 9.55 Å². The van der Waals surface area contributed by atoms with Crippen LogP contribution in [-0.4, -0.2) is 21.1 Å². The molecule has 168 valence electrons. The highest BCUT2D eigenvalue weighted by atomic mass is 35.5. The zero-order chi connectivity index (χ0) is 23.0. The molecule has 0 aliphatic carbocycles. The van der Waals surface area contributed by atoms with Gasteiger partial charge in [0.25, 0.3) is 0 Å². The second-order valence-corrected chi connectivity index (χ2v) is 8.02. The Morgan fingerprint density at radius 2 is 1.79 bits per heavy atom. The van der Waals surface area contributed by atoms with E-state index in [1.807, 2.05) is 61.5 Å². The highest BCUT2D eigenvalue weighted by molar-refractivity contribution is 6.31. The fraction of sp³-hybridized carbons (Fsp3) is 0.192. The average molecular weight is 462 g/mol. The molecule has 2 heterocycles. The Morgan fingerprint density at radius 3 is 2.52 bits per heavy atom. The fourth-order valence-corrected chi connectivity index (χ4v) is 3.39. The van der Waals surface area contributed by atoms with Crippen molar-refractivity contribution < 1.29 is 9.47 Å². The van der Waals surface area contributed by atoms with Crippen molar-refractivity contribution in [3.05, 3.63) is 111 Å². The summed E-state index contributed by atoms with van der Waals surface area (Å²) in [5.41, 5.74) is 2.82. The molecule has 33 heavy (non-hydrogen) atoms. The Balaban J connectivity index is 1.26. The van der Waals surface area contributed by atoms with Crippen LogP contribution in [-0.2, 0) is 19.4 Å². The molecule has 0 radical (unpaired) electrons. The summed E-state index contributed by atoms with van der Waals surface area (Å²) in [7, 11) is 0. The van der Waals surface area contributed by atoms with Crippen molar-refractivity contribution >= 4 is 11.6 Å². The van der Waals surface area contributed by atoms with Gasteiger partial charge in [-0.2, -0.15) is 4.98 Å². The molecular weight excluding hydrogens is 438 g/mol. The highest BCUT2D eigenvalue weighted by Crippen LogP contribution is 2.26. The molecule has 4 aromatic rings. The molecule has 2 aromatic carbocycles. The number of pyridine rings is 1. The van der Waals surface area contributed by atoms with Crippen LogP contribution in [0.25, 0.3) is 0 Å². The SMILES string of the molecule is Cc1cc(Oc2ccc(CCOc3ccn(CCc4cccnc4)c(=O)n3)cc2)ccc1Cl. The Labute approximate surface area is 197 Å². The van der Waals surface area contributed by atoms with Gasteiger partial charge < -0.3 is 9.47 Å². The minimum atomic E-state index is -0.324. The van der Waals surface area contributed by atoms with Gasteiger partial charge in [0.2, 0.25) is 5.88 Å². The summed E-state index contributed by atoms with van der Waals surface area (Å²) in [5.74, 6) is 1.82. The molecule has 0 atom stereocenters. The fourth-order valence-electron chi connectivity index (χ4n) is 3.27. The number of nitrogens with zero attached hydrogens (tertiary/aromatic N) is 3. The smallest absolute Gasteiger partial charge is 0.350 e. The predicted octanol–water partition coefficient (Wildman–Crippen LogP) is 5.26. The van der Waals surface area contributed by atoms with Crippen LogP contribution in [0.15, 0.2) is 84.0 Å². The van der Waals surface area contributed by atoms with Crippen LogP contribution < -0.4 is 15.2 Å². The molecule has 0 saturated heterocycles. The summed E-state index contributed by atoms with van der Waals surface area (Å²) in [6.45, 7) is 2.90. The quantitative estimate of drug-likeness (QED) is 0.340. The van der Waals surface area contributed by atoms with Crippen LogP contribution in [0.2, 0.25) is 5.02 Å². The largest absolute Gasteiger partial charge is 0.477 e. The molecule has 0 spiro atoms. The van der Waals surface area contributed by atoms with E-state index in [-0.39, 0.29) is 5.69 Å². The van der Waals surface area contributed by atoms with Gasteiger partial charge in [-0.1, -0.05) is 29.8 Å². The minimum absolute atomic E-state index is 0.324. The molecule has 0 fully saturated rings. The topological polar surface area (TPSA) is 66.2 Å². The van der Waals surface area contributed by atoms with Crippen LogP contribution in [0.4, 0.5) is 0 Å². The zero-order valence-corrected chi connectivity index (χ0v) is 19.0. The van der Waals surface area contributed by atoms with Gasteiger partial charge in [-0.25, -0.2) is 4.79 Å². The number of hydrogen-bond donors (Lipinski definition) is 0. The summed E-state index contributed by atoms with van der Waals surface area (Å²) in [6, 6.07) is 19.0. The monoisotopic (exact) mass is 461 g/mol. The van der Waals surface area contributed by atoms with E-state index in [2.05, 4.69) is 9.97 Å². The van der Waals surface area contributed by atoms with Crippen LogP contribution in [0, 0.1) is 6.92 Å². The number of halogens is 1. The maximum absolute atomic E-state index is 12.3. The third kappa shape index (κ3) is 6.43. The highest BCUT2D eigenvalue weighted by Gasteiger charge is 2.04. The lowest BCUT2D eigenvalue weighted by atomic mass is 10.1. The molecule has 0 saturated carbocycles. The molecule has 0 amide bonds. The van der Waals surface area contributed by atoms with Gasteiger partial charge >= 0.3 is 5.69 Å². The van der Waals surface area contributed by atoms with Gasteiger partial charge in [0, 0.05) is 42.6 Å². The number of rotatable bonds is 9. The third-order valence-corrected chi connectivity index (χ3v) is 5.57. The van der Waals surface area contributed by atoms with Crippen LogP contribution >= 0.6 is 11.6 Å². The lowest BCUT2D eigenvalue weighted by molar-refractivity contribution is 0.306. The van der Waals surface area contributed by atoms with Crippen LogP contribution in [0.5, 0.6) is 17.4 Å². The van der Waals surface area contributed by atoms with Crippen molar-refractivity contribution in [2.45, 2.75) is 26.3 Å². The Bertz CT molecular complexity index is 1260. The van der Waals surface area contributed by atoms with E-state index in [0.717, 1.165) is 28.2 Å². The predicted molar refractivity (Wildman–Crippen MR) is 128 cm³/mol. The summed E-state index contributed by atoms with van der Waals surface area (Å²) < 4.78 is 13.1. The van der Waals surface area contributed by atoms with E-state index in [1.54, 1.807) is 29.2 Å². The number of aromatic nitrogens is 3. The third-order valence-electron chi connectivity index (χ3n) is 5.14. The molecule has 0 aliphatic heterocycles. The lowest BCUT2D eigenvalue weighted by Crippen LogP contribution is -2.23. The number of hydrogen-bond acceptors (Lipinski definition) is 5. The van der Waals surface area contributed by atoms with Crippen molar-refractivity contribution in [1.82, 2.24) is 14.5 Å². The van der Waals surface area contributed by atoms with Crippen molar-refractivity contribution in [2.75, 3.05) is 6.61 Å². The van der Waals surface area contributed by atoms with E-state index in [9.17, 15) is 4.79 Å². The van der Waals surface area contributed by atoms with Crippen LogP contribution in [0.3, 0.4) is 0 Å². The van der Waals surface area contributed by atoms with Crippen molar-refractivity contribution in [1.29, 1.82) is 0 Å². The summed E-state index contributed by atoms with van der Waals surface area (Å²) in [4.78, 5) is 20.4. The molecular formula is C26H24ClN3O3. The molecule has 0 N–H and O–H groups in total. The maximum Gasteiger partial charge on any atom is 0.350 e. The molecule has 0 bridgehead atoms. The van der Waals surface area contributed by atoms with E-state index in [0.29, 0.717) is 36.9 Å². The maximum atomic E-state index is 12.3. The van der Waals surface area contributed by atoms with Gasteiger partial charge in [0.05, 0.1) is 6.61 Å². The van der Waals surface area contributed by atoms with Crippen LogP contribution in [0.1, 0.15) is 16.7 Å². The molecule has 2 aromatic heterocycles. The average Bonchev–Trinajstić information content (AvgIpc) is 2.83. The first-order chi connectivity index (χ1) is 16.1. The number of benzene rings is 2. The van der Waals surface area contributed by atoms with E-state index in [1.165, 1.54) is 0 Å². The number of aryl methyl sites for hydroxylation is 3.